The highest BCUT2D eigenvalue weighted by Crippen LogP contribution is 2.38. The Balaban J connectivity index is 1.88. The monoisotopic (exact) mass is 255 g/mol. The lowest BCUT2D eigenvalue weighted by molar-refractivity contribution is 0.128. The number of hydrogen-bond donors (Lipinski definition) is 1. The SMILES string of the molecule is CC1CCCN(CC2(CS)CCCCC2)CC1. The van der Waals surface area contributed by atoms with Crippen LogP contribution in [0, 0.1) is 11.3 Å². The standard InChI is InChI=1S/C15H29NS/c1-14-6-5-10-16(11-7-14)12-15(13-17)8-3-2-4-9-15/h14,17H,2-13H2,1H3. The van der Waals surface area contributed by atoms with E-state index < -0.39 is 0 Å². The third-order valence-corrected chi connectivity index (χ3v) is 5.59. The van der Waals surface area contributed by atoms with E-state index in [1.807, 2.05) is 0 Å². The molecule has 1 nitrogen and oxygen atoms in total. The van der Waals surface area contributed by atoms with Gasteiger partial charge in [0, 0.05) is 6.54 Å². The molecule has 100 valence electrons. The van der Waals surface area contributed by atoms with Crippen LogP contribution in [0.2, 0.25) is 0 Å². The van der Waals surface area contributed by atoms with Crippen molar-refractivity contribution in [2.45, 2.75) is 58.3 Å². The summed E-state index contributed by atoms with van der Waals surface area (Å²) in [7, 11) is 0. The van der Waals surface area contributed by atoms with Crippen LogP contribution in [0.25, 0.3) is 0 Å². The summed E-state index contributed by atoms with van der Waals surface area (Å²) in [6.45, 7) is 6.40. The van der Waals surface area contributed by atoms with Crippen molar-refractivity contribution in [2.75, 3.05) is 25.4 Å². The minimum Gasteiger partial charge on any atom is -0.303 e. The summed E-state index contributed by atoms with van der Waals surface area (Å²) >= 11 is 4.67. The van der Waals surface area contributed by atoms with Crippen LogP contribution in [0.15, 0.2) is 0 Å². The van der Waals surface area contributed by atoms with Crippen LogP contribution < -0.4 is 0 Å². The second-order valence-electron chi connectivity index (χ2n) is 6.53. The number of thiol groups is 1. The van der Waals surface area contributed by atoms with Gasteiger partial charge in [0.25, 0.3) is 0 Å². The maximum Gasteiger partial charge on any atom is 0.00458 e. The first-order valence-electron chi connectivity index (χ1n) is 7.57. The minimum atomic E-state index is 0.551. The summed E-state index contributed by atoms with van der Waals surface area (Å²) in [5.74, 6) is 2.04. The molecule has 1 saturated carbocycles. The molecule has 1 aliphatic carbocycles. The Morgan fingerprint density at radius 1 is 1.06 bits per heavy atom. The lowest BCUT2D eigenvalue weighted by Crippen LogP contribution is -2.41. The maximum atomic E-state index is 4.67. The van der Waals surface area contributed by atoms with Crippen LogP contribution in [0.3, 0.4) is 0 Å². The first-order valence-corrected chi connectivity index (χ1v) is 8.21. The van der Waals surface area contributed by atoms with Crippen LogP contribution >= 0.6 is 12.6 Å². The van der Waals surface area contributed by atoms with Crippen LogP contribution in [0.4, 0.5) is 0 Å². The van der Waals surface area contributed by atoms with Crippen molar-refractivity contribution in [3.05, 3.63) is 0 Å². The van der Waals surface area contributed by atoms with E-state index in [1.54, 1.807) is 0 Å². The third kappa shape index (κ3) is 3.89. The summed E-state index contributed by atoms with van der Waals surface area (Å²) in [6.07, 6.45) is 11.4. The Morgan fingerprint density at radius 2 is 1.82 bits per heavy atom. The molecule has 0 aromatic rings. The molecule has 0 amide bonds. The molecule has 1 heterocycles. The largest absolute Gasteiger partial charge is 0.303 e. The smallest absolute Gasteiger partial charge is 0.00458 e. The fourth-order valence-electron chi connectivity index (χ4n) is 3.62. The van der Waals surface area contributed by atoms with E-state index in [0.717, 1.165) is 11.7 Å². The van der Waals surface area contributed by atoms with Gasteiger partial charge in [-0.1, -0.05) is 26.2 Å². The van der Waals surface area contributed by atoms with Gasteiger partial charge in [0.15, 0.2) is 0 Å². The molecule has 0 aromatic heterocycles. The molecule has 2 heteroatoms. The van der Waals surface area contributed by atoms with Crippen molar-refractivity contribution in [3.63, 3.8) is 0 Å². The van der Waals surface area contributed by atoms with Crippen molar-refractivity contribution >= 4 is 12.6 Å². The molecule has 0 N–H and O–H groups in total. The topological polar surface area (TPSA) is 3.24 Å². The predicted molar refractivity (Wildman–Crippen MR) is 78.8 cm³/mol. The van der Waals surface area contributed by atoms with Gasteiger partial charge in [-0.3, -0.25) is 0 Å². The van der Waals surface area contributed by atoms with Crippen LogP contribution in [0.5, 0.6) is 0 Å². The molecule has 1 saturated heterocycles. The average molecular weight is 255 g/mol. The second-order valence-corrected chi connectivity index (χ2v) is 6.85. The number of nitrogens with zero attached hydrogens (tertiary/aromatic N) is 1. The molecule has 17 heavy (non-hydrogen) atoms. The molecule has 2 fully saturated rings. The van der Waals surface area contributed by atoms with Gasteiger partial charge >= 0.3 is 0 Å². The first kappa shape index (κ1) is 13.7. The van der Waals surface area contributed by atoms with E-state index in [9.17, 15) is 0 Å². The van der Waals surface area contributed by atoms with E-state index >= 15 is 0 Å². The summed E-state index contributed by atoms with van der Waals surface area (Å²) in [5.41, 5.74) is 0.551. The van der Waals surface area contributed by atoms with Gasteiger partial charge in [-0.2, -0.15) is 12.6 Å². The van der Waals surface area contributed by atoms with E-state index in [4.69, 9.17) is 0 Å². The molecule has 1 aliphatic heterocycles. The highest BCUT2D eigenvalue weighted by atomic mass is 32.1. The van der Waals surface area contributed by atoms with Crippen LogP contribution in [-0.2, 0) is 0 Å². The summed E-state index contributed by atoms with van der Waals surface area (Å²) in [4.78, 5) is 2.74. The molecular weight excluding hydrogens is 226 g/mol. The van der Waals surface area contributed by atoms with Gasteiger partial charge < -0.3 is 4.90 Å². The highest BCUT2D eigenvalue weighted by Gasteiger charge is 2.32. The van der Waals surface area contributed by atoms with Crippen LogP contribution in [-0.4, -0.2) is 30.3 Å². The van der Waals surface area contributed by atoms with Crippen LogP contribution in [0.1, 0.15) is 58.3 Å². The molecule has 2 rings (SSSR count). The summed E-state index contributed by atoms with van der Waals surface area (Å²) < 4.78 is 0. The van der Waals surface area contributed by atoms with Gasteiger partial charge in [-0.05, 0) is 62.3 Å². The highest BCUT2D eigenvalue weighted by molar-refractivity contribution is 7.80. The molecular formula is C15H29NS. The predicted octanol–water partition coefficient (Wildman–Crippen LogP) is 3.99. The Bertz CT molecular complexity index is 223. The Morgan fingerprint density at radius 3 is 2.53 bits per heavy atom. The average Bonchev–Trinajstić information content (AvgIpc) is 2.56. The van der Waals surface area contributed by atoms with Gasteiger partial charge in [0.1, 0.15) is 0 Å². The lowest BCUT2D eigenvalue weighted by atomic mass is 9.75. The normalized spacial score (nSPS) is 31.1. The fourth-order valence-corrected chi connectivity index (χ4v) is 4.04. The van der Waals surface area contributed by atoms with Crippen molar-refractivity contribution in [1.29, 1.82) is 0 Å². The number of hydrogen-bond acceptors (Lipinski definition) is 2. The minimum absolute atomic E-state index is 0.551. The molecule has 0 bridgehead atoms. The Hall–Kier alpha value is 0.310. The maximum absolute atomic E-state index is 4.67. The van der Waals surface area contributed by atoms with Gasteiger partial charge in [0.05, 0.1) is 0 Å². The Labute approximate surface area is 113 Å². The van der Waals surface area contributed by atoms with Crippen molar-refractivity contribution < 1.29 is 0 Å². The molecule has 0 spiro atoms. The van der Waals surface area contributed by atoms with Gasteiger partial charge in [-0.15, -0.1) is 0 Å². The van der Waals surface area contributed by atoms with E-state index in [-0.39, 0.29) is 0 Å². The quantitative estimate of drug-likeness (QED) is 0.746. The summed E-state index contributed by atoms with van der Waals surface area (Å²) in [5, 5.41) is 0. The molecule has 0 aromatic carbocycles. The van der Waals surface area contributed by atoms with Crippen molar-refractivity contribution in [3.8, 4) is 0 Å². The fraction of sp³-hybridized carbons (Fsp3) is 1.00. The van der Waals surface area contributed by atoms with Crippen molar-refractivity contribution in [2.24, 2.45) is 11.3 Å². The molecule has 0 radical (unpaired) electrons. The lowest BCUT2D eigenvalue weighted by Gasteiger charge is -2.40. The molecule has 1 atom stereocenters. The van der Waals surface area contributed by atoms with E-state index in [1.165, 1.54) is 71.0 Å². The third-order valence-electron chi connectivity index (χ3n) is 4.92. The zero-order valence-corrected chi connectivity index (χ0v) is 12.4. The molecule has 2 aliphatic rings. The Kier molecular flexibility index (Phi) is 5.23. The van der Waals surface area contributed by atoms with Gasteiger partial charge in [-0.25, -0.2) is 0 Å². The molecule has 1 unspecified atom stereocenters. The first-order chi connectivity index (χ1) is 8.24. The number of likely N-dealkylation sites (tertiary alicyclic amines) is 1. The van der Waals surface area contributed by atoms with Crippen molar-refractivity contribution in [1.82, 2.24) is 4.90 Å². The van der Waals surface area contributed by atoms with E-state index in [0.29, 0.717) is 5.41 Å². The zero-order chi connectivity index (χ0) is 12.1. The van der Waals surface area contributed by atoms with Gasteiger partial charge in [0.2, 0.25) is 0 Å². The second kappa shape index (κ2) is 6.47. The zero-order valence-electron chi connectivity index (χ0n) is 11.5. The van der Waals surface area contributed by atoms with E-state index in [2.05, 4.69) is 24.5 Å². The number of rotatable bonds is 3. The summed E-state index contributed by atoms with van der Waals surface area (Å²) in [6, 6.07) is 0.